The Kier molecular flexibility index (Phi) is 12.8. The lowest BCUT2D eigenvalue weighted by atomic mass is 9.92. The van der Waals surface area contributed by atoms with Crippen molar-refractivity contribution in [2.75, 3.05) is 0 Å². The fraction of sp³-hybridized carbons (Fsp3) is 0.543. The number of para-hydroxylation sites is 1. The standard InChI is InChI=1S/C35H35F13N2O3Si/c1-4-5-8-20(2)15-21(3)13-14-54-53-25-10-7-6-9-24(25)23-18-49-29(50-19-23)22-11-12-26-27(16-22)52-28(51-26)17-30(36,37)31(38,39)32(40,41)33(42,43)34(44,45)35(46,47)48/h6-7,9-12,16,18-21,28H,4-5,8,13-15,17H2,1-3H3. The smallest absolute Gasteiger partial charge is 0.460 e. The third kappa shape index (κ3) is 8.69. The normalized spacial score (nSPS) is 16.7. The van der Waals surface area contributed by atoms with Crippen molar-refractivity contribution in [3.05, 3.63) is 54.9 Å². The van der Waals surface area contributed by atoms with Crippen LogP contribution in [0.4, 0.5) is 57.1 Å². The van der Waals surface area contributed by atoms with Crippen LogP contribution in [0.2, 0.25) is 6.04 Å². The van der Waals surface area contributed by atoms with Gasteiger partial charge >= 0.3 is 45.6 Å². The topological polar surface area (TPSA) is 53.5 Å². The van der Waals surface area contributed by atoms with Crippen LogP contribution in [0.3, 0.4) is 0 Å². The maximum absolute atomic E-state index is 14.5. The molecule has 0 amide bonds. The number of hydrogen-bond donors (Lipinski definition) is 0. The van der Waals surface area contributed by atoms with Crippen molar-refractivity contribution in [2.45, 2.75) is 107 Å². The van der Waals surface area contributed by atoms with Gasteiger partial charge in [0.2, 0.25) is 6.29 Å². The van der Waals surface area contributed by atoms with E-state index >= 15 is 0 Å². The molecule has 0 N–H and O–H groups in total. The van der Waals surface area contributed by atoms with Gasteiger partial charge < -0.3 is 13.9 Å². The number of aromatic nitrogens is 2. The lowest BCUT2D eigenvalue weighted by molar-refractivity contribution is -0.441. The van der Waals surface area contributed by atoms with Crippen LogP contribution in [0.25, 0.3) is 22.5 Å². The van der Waals surface area contributed by atoms with Crippen molar-refractivity contribution in [1.82, 2.24) is 9.97 Å². The van der Waals surface area contributed by atoms with Gasteiger partial charge in [0.15, 0.2) is 17.3 Å². The number of unbranched alkanes of at least 4 members (excludes halogenated alkanes) is 1. The van der Waals surface area contributed by atoms with E-state index < -0.39 is 60.0 Å². The molecule has 4 rings (SSSR count). The third-order valence-corrected chi connectivity index (χ3v) is 9.62. The summed E-state index contributed by atoms with van der Waals surface area (Å²) in [5, 5.41) is 0. The number of rotatable bonds is 18. The molecule has 3 atom stereocenters. The Balaban J connectivity index is 1.40. The van der Waals surface area contributed by atoms with E-state index in [4.69, 9.17) is 13.9 Å². The summed E-state index contributed by atoms with van der Waals surface area (Å²) in [5.74, 6) is -36.5. The highest BCUT2D eigenvalue weighted by Crippen LogP contribution is 2.61. The molecule has 0 saturated heterocycles. The SMILES string of the molecule is CCCCC(C)CC(C)CC[Si]Oc1ccccc1-c1cnc(-c2ccc3c(c2)OC(CC(F)(F)C(F)(F)C(F)(F)C(F)(F)C(F)(F)C(F)(F)F)O3)nc1. The van der Waals surface area contributed by atoms with Gasteiger partial charge in [-0.25, -0.2) is 9.97 Å². The maximum atomic E-state index is 14.5. The van der Waals surface area contributed by atoms with E-state index in [2.05, 4.69) is 30.7 Å². The molecule has 0 spiro atoms. The second-order valence-electron chi connectivity index (χ2n) is 13.2. The van der Waals surface area contributed by atoms with Crippen molar-refractivity contribution in [1.29, 1.82) is 0 Å². The molecule has 1 aromatic heterocycles. The van der Waals surface area contributed by atoms with Crippen molar-refractivity contribution in [3.8, 4) is 39.8 Å². The summed E-state index contributed by atoms with van der Waals surface area (Å²) in [7, 11) is 0.203. The number of nitrogens with zero attached hydrogens (tertiary/aromatic N) is 2. The molecule has 3 unspecified atom stereocenters. The molecule has 3 aromatic rings. The summed E-state index contributed by atoms with van der Waals surface area (Å²) in [5.41, 5.74) is 1.41. The van der Waals surface area contributed by atoms with Gasteiger partial charge in [0, 0.05) is 29.1 Å². The van der Waals surface area contributed by atoms with Gasteiger partial charge in [-0.2, -0.15) is 57.1 Å². The van der Waals surface area contributed by atoms with E-state index in [1.807, 2.05) is 0 Å². The average molecular weight is 807 g/mol. The van der Waals surface area contributed by atoms with Gasteiger partial charge in [0.1, 0.15) is 5.75 Å². The van der Waals surface area contributed by atoms with Crippen LogP contribution in [0.5, 0.6) is 17.2 Å². The molecular formula is C35H35F13N2O3Si. The largest absolute Gasteiger partial charge is 0.540 e. The summed E-state index contributed by atoms with van der Waals surface area (Å²) in [6, 6.07) is 11.5. The van der Waals surface area contributed by atoms with E-state index in [0.717, 1.165) is 31.0 Å². The first-order valence-corrected chi connectivity index (χ1v) is 17.8. The number of alkyl halides is 13. The fourth-order valence-corrected chi connectivity index (χ4v) is 6.73. The molecule has 5 nitrogen and oxygen atoms in total. The van der Waals surface area contributed by atoms with E-state index in [0.29, 0.717) is 28.7 Å². The molecule has 0 fully saturated rings. The van der Waals surface area contributed by atoms with E-state index in [-0.39, 0.29) is 21.2 Å². The molecule has 54 heavy (non-hydrogen) atoms. The summed E-state index contributed by atoms with van der Waals surface area (Å²) in [4.78, 5) is 8.56. The molecule has 2 heterocycles. The van der Waals surface area contributed by atoms with Crippen LogP contribution in [0, 0.1) is 11.8 Å². The number of halogens is 13. The first kappa shape index (κ1) is 43.0. The van der Waals surface area contributed by atoms with Crippen molar-refractivity contribution in [3.63, 3.8) is 0 Å². The van der Waals surface area contributed by atoms with Crippen LogP contribution in [0.15, 0.2) is 54.9 Å². The molecule has 1 aliphatic heterocycles. The Morgan fingerprint density at radius 1 is 0.722 bits per heavy atom. The molecule has 1 aliphatic rings. The van der Waals surface area contributed by atoms with Crippen LogP contribution in [-0.4, -0.2) is 61.8 Å². The fourth-order valence-electron chi connectivity index (χ4n) is 5.69. The van der Waals surface area contributed by atoms with E-state index in [1.165, 1.54) is 37.7 Å². The predicted molar refractivity (Wildman–Crippen MR) is 172 cm³/mol. The van der Waals surface area contributed by atoms with Crippen molar-refractivity contribution in [2.24, 2.45) is 11.8 Å². The third-order valence-electron chi connectivity index (χ3n) is 8.77. The zero-order chi connectivity index (χ0) is 40.3. The minimum Gasteiger partial charge on any atom is -0.540 e. The van der Waals surface area contributed by atoms with Gasteiger partial charge in [-0.15, -0.1) is 0 Å². The molecule has 2 aromatic carbocycles. The van der Waals surface area contributed by atoms with E-state index in [1.54, 1.807) is 24.3 Å². The molecule has 19 heteroatoms. The predicted octanol–water partition coefficient (Wildman–Crippen LogP) is 11.7. The van der Waals surface area contributed by atoms with Crippen molar-refractivity contribution < 1.29 is 71.0 Å². The minimum atomic E-state index is -7.99. The monoisotopic (exact) mass is 806 g/mol. The molecule has 0 bridgehead atoms. The zero-order valence-corrected chi connectivity index (χ0v) is 29.9. The second-order valence-corrected chi connectivity index (χ2v) is 14.2. The number of ether oxygens (including phenoxy) is 2. The second kappa shape index (κ2) is 16.1. The summed E-state index contributed by atoms with van der Waals surface area (Å²) in [6.07, 6.45) is -4.04. The Bertz CT molecular complexity index is 1710. The first-order chi connectivity index (χ1) is 25.0. The quantitative estimate of drug-likeness (QED) is 0.0728. The Labute approximate surface area is 304 Å². The lowest BCUT2D eigenvalue weighted by Crippen LogP contribution is -2.70. The van der Waals surface area contributed by atoms with Crippen LogP contribution < -0.4 is 13.9 Å². The molecule has 0 saturated carbocycles. The van der Waals surface area contributed by atoms with Crippen LogP contribution in [-0.2, 0) is 0 Å². The Morgan fingerprint density at radius 2 is 1.31 bits per heavy atom. The van der Waals surface area contributed by atoms with E-state index in [9.17, 15) is 57.1 Å². The highest BCUT2D eigenvalue weighted by atomic mass is 28.2. The number of hydrogen-bond acceptors (Lipinski definition) is 5. The molecule has 2 radical (unpaired) electrons. The Morgan fingerprint density at radius 3 is 1.94 bits per heavy atom. The minimum absolute atomic E-state index is 0.0420. The first-order valence-electron chi connectivity index (χ1n) is 16.7. The van der Waals surface area contributed by atoms with Crippen molar-refractivity contribution >= 4 is 9.76 Å². The molecule has 298 valence electrons. The highest BCUT2D eigenvalue weighted by molar-refractivity contribution is 6.28. The number of fused-ring (bicyclic) bond motifs is 1. The number of benzene rings is 2. The van der Waals surface area contributed by atoms with Gasteiger partial charge in [0.25, 0.3) is 0 Å². The summed E-state index contributed by atoms with van der Waals surface area (Å²) < 4.78 is 192. The highest BCUT2D eigenvalue weighted by Gasteiger charge is 2.90. The van der Waals surface area contributed by atoms with Gasteiger partial charge in [-0.1, -0.05) is 64.7 Å². The zero-order valence-electron chi connectivity index (χ0n) is 28.9. The summed E-state index contributed by atoms with van der Waals surface area (Å²) >= 11 is 0. The molecular weight excluding hydrogens is 771 g/mol. The lowest BCUT2D eigenvalue weighted by Gasteiger charge is -2.39. The van der Waals surface area contributed by atoms with Crippen LogP contribution >= 0.6 is 0 Å². The van der Waals surface area contributed by atoms with Gasteiger partial charge in [-0.05, 0) is 48.6 Å². The van der Waals surface area contributed by atoms with Crippen LogP contribution in [0.1, 0.15) is 59.3 Å². The average Bonchev–Trinajstić information content (AvgIpc) is 3.49. The van der Waals surface area contributed by atoms with Gasteiger partial charge in [0.05, 0.1) is 6.42 Å². The van der Waals surface area contributed by atoms with Gasteiger partial charge in [-0.3, -0.25) is 0 Å². The summed E-state index contributed by atoms with van der Waals surface area (Å²) in [6.45, 7) is 6.68. The Hall–Kier alpha value is -3.77. The molecule has 0 aliphatic carbocycles. The maximum Gasteiger partial charge on any atom is 0.460 e.